The molecular weight excluding hydrogens is 418 g/mol. The minimum atomic E-state index is 0.0372. The van der Waals surface area contributed by atoms with E-state index in [1.54, 1.807) is 0 Å². The highest BCUT2D eigenvalue weighted by Gasteiger charge is 2.24. The first-order chi connectivity index (χ1) is 15.6. The molecule has 0 aliphatic rings. The number of hydrogen-bond donors (Lipinski definition) is 0. The number of aromatic nitrogens is 2. The predicted octanol–water partition coefficient (Wildman–Crippen LogP) is 6.40. The van der Waals surface area contributed by atoms with Crippen molar-refractivity contribution in [3.05, 3.63) is 93.8 Å². The van der Waals surface area contributed by atoms with Crippen LogP contribution in [0.4, 0.5) is 0 Å². The summed E-state index contributed by atoms with van der Waals surface area (Å²) >= 11 is 1.47. The van der Waals surface area contributed by atoms with Crippen LogP contribution in [0.2, 0.25) is 0 Å². The Balaban J connectivity index is 1.76. The van der Waals surface area contributed by atoms with E-state index in [1.807, 2.05) is 95.5 Å². The third-order valence-electron chi connectivity index (χ3n) is 5.20. The van der Waals surface area contributed by atoms with E-state index in [2.05, 4.69) is 6.92 Å². The topological polar surface area (TPSA) is 47.4 Å². The molecule has 0 saturated heterocycles. The second-order valence-corrected chi connectivity index (χ2v) is 8.69. The van der Waals surface area contributed by atoms with Crippen molar-refractivity contribution in [2.75, 3.05) is 6.54 Å². The van der Waals surface area contributed by atoms with Gasteiger partial charge in [0.1, 0.15) is 5.75 Å². The van der Waals surface area contributed by atoms with Crippen LogP contribution in [-0.2, 0) is 6.54 Å². The number of thiophene rings is 1. The molecule has 5 nitrogen and oxygen atoms in total. The number of aryl methyl sites for hydroxylation is 2. The molecule has 2 aromatic carbocycles. The van der Waals surface area contributed by atoms with Gasteiger partial charge in [0.2, 0.25) is 5.88 Å². The van der Waals surface area contributed by atoms with Gasteiger partial charge in [-0.15, -0.1) is 11.3 Å². The van der Waals surface area contributed by atoms with E-state index in [9.17, 15) is 4.79 Å². The fraction of sp³-hybridized carbons (Fsp3) is 0.231. The first kappa shape index (κ1) is 21.8. The summed E-state index contributed by atoms with van der Waals surface area (Å²) < 4.78 is 8.24. The smallest absolute Gasteiger partial charge is 0.264 e. The van der Waals surface area contributed by atoms with Crippen molar-refractivity contribution in [1.82, 2.24) is 14.7 Å². The normalized spacial score (nSPS) is 10.8. The first-order valence-electron chi connectivity index (χ1n) is 10.8. The Bertz CT molecular complexity index is 1180. The summed E-state index contributed by atoms with van der Waals surface area (Å²) in [6, 6.07) is 21.7. The molecule has 0 unspecified atom stereocenters. The van der Waals surface area contributed by atoms with Gasteiger partial charge in [0.15, 0.2) is 0 Å². The molecule has 0 aliphatic heterocycles. The lowest BCUT2D eigenvalue weighted by Gasteiger charge is -2.22. The standard InChI is InChI=1S/C26H27N3O2S/c1-4-15-28(25(30)24-14-9-16-32-24)18-23-20(3)27-29(21-11-6-5-7-12-21)26(23)31-22-13-8-10-19(2)17-22/h5-14,16-17H,4,15,18H2,1-3H3. The lowest BCUT2D eigenvalue weighted by molar-refractivity contribution is 0.0747. The quantitative estimate of drug-likeness (QED) is 0.315. The van der Waals surface area contributed by atoms with Gasteiger partial charge in [0, 0.05) is 6.54 Å². The molecule has 2 aromatic heterocycles. The Morgan fingerprint density at radius 1 is 1.06 bits per heavy atom. The number of carbonyl (C=O) groups excluding carboxylic acids is 1. The van der Waals surface area contributed by atoms with Gasteiger partial charge in [-0.25, -0.2) is 4.68 Å². The summed E-state index contributed by atoms with van der Waals surface area (Å²) in [7, 11) is 0. The number of para-hydroxylation sites is 1. The lowest BCUT2D eigenvalue weighted by atomic mass is 10.2. The van der Waals surface area contributed by atoms with Crippen molar-refractivity contribution in [2.45, 2.75) is 33.7 Å². The van der Waals surface area contributed by atoms with E-state index < -0.39 is 0 Å². The molecule has 4 rings (SSSR count). The maximum atomic E-state index is 13.2. The molecule has 0 atom stereocenters. The zero-order chi connectivity index (χ0) is 22.5. The van der Waals surface area contributed by atoms with Crippen LogP contribution in [-0.4, -0.2) is 27.1 Å². The number of hydrogen-bond acceptors (Lipinski definition) is 4. The molecule has 164 valence electrons. The largest absolute Gasteiger partial charge is 0.439 e. The van der Waals surface area contributed by atoms with E-state index in [0.29, 0.717) is 19.0 Å². The molecule has 32 heavy (non-hydrogen) atoms. The zero-order valence-electron chi connectivity index (χ0n) is 18.6. The zero-order valence-corrected chi connectivity index (χ0v) is 19.4. The molecule has 0 bridgehead atoms. The third kappa shape index (κ3) is 4.75. The minimum absolute atomic E-state index is 0.0372. The average Bonchev–Trinajstić information content (AvgIpc) is 3.43. The van der Waals surface area contributed by atoms with Crippen LogP contribution in [0, 0.1) is 13.8 Å². The van der Waals surface area contributed by atoms with Crippen LogP contribution in [0.25, 0.3) is 5.69 Å². The van der Waals surface area contributed by atoms with Gasteiger partial charge in [-0.05, 0) is 61.5 Å². The van der Waals surface area contributed by atoms with Gasteiger partial charge >= 0.3 is 0 Å². The number of nitrogens with zero attached hydrogens (tertiary/aromatic N) is 3. The highest BCUT2D eigenvalue weighted by molar-refractivity contribution is 7.12. The number of ether oxygens (including phenoxy) is 1. The second kappa shape index (κ2) is 9.83. The Morgan fingerprint density at radius 3 is 2.56 bits per heavy atom. The molecule has 0 spiro atoms. The minimum Gasteiger partial charge on any atom is -0.439 e. The van der Waals surface area contributed by atoms with E-state index in [1.165, 1.54) is 11.3 Å². The van der Waals surface area contributed by atoms with Gasteiger partial charge in [0.05, 0.1) is 28.4 Å². The van der Waals surface area contributed by atoms with E-state index in [0.717, 1.165) is 39.6 Å². The van der Waals surface area contributed by atoms with Crippen molar-refractivity contribution < 1.29 is 9.53 Å². The highest BCUT2D eigenvalue weighted by atomic mass is 32.1. The van der Waals surface area contributed by atoms with Crippen molar-refractivity contribution in [1.29, 1.82) is 0 Å². The number of carbonyl (C=O) groups is 1. The van der Waals surface area contributed by atoms with Gasteiger partial charge in [0.25, 0.3) is 5.91 Å². The molecule has 1 amide bonds. The summed E-state index contributed by atoms with van der Waals surface area (Å²) in [6.45, 7) is 7.19. The Morgan fingerprint density at radius 2 is 1.88 bits per heavy atom. The summed E-state index contributed by atoms with van der Waals surface area (Å²) in [6.07, 6.45) is 0.872. The molecular formula is C26H27N3O2S. The molecule has 0 radical (unpaired) electrons. The summed E-state index contributed by atoms with van der Waals surface area (Å²) in [5.74, 6) is 1.42. The van der Waals surface area contributed by atoms with Crippen LogP contribution in [0.5, 0.6) is 11.6 Å². The molecule has 0 N–H and O–H groups in total. The maximum Gasteiger partial charge on any atom is 0.264 e. The molecule has 6 heteroatoms. The molecule has 0 aliphatic carbocycles. The van der Waals surface area contributed by atoms with Crippen LogP contribution in [0.1, 0.15) is 39.8 Å². The maximum absolute atomic E-state index is 13.2. The summed E-state index contributed by atoms with van der Waals surface area (Å²) in [4.78, 5) is 15.8. The Labute approximate surface area is 192 Å². The second-order valence-electron chi connectivity index (χ2n) is 7.74. The SMILES string of the molecule is CCCN(Cc1c(C)nn(-c2ccccc2)c1Oc1cccc(C)c1)C(=O)c1cccs1. The van der Waals surface area contributed by atoms with Gasteiger partial charge in [-0.2, -0.15) is 5.10 Å². The Hall–Kier alpha value is -3.38. The van der Waals surface area contributed by atoms with Crippen LogP contribution < -0.4 is 4.74 Å². The molecule has 4 aromatic rings. The first-order valence-corrected chi connectivity index (χ1v) is 11.7. The number of amides is 1. The van der Waals surface area contributed by atoms with Crippen molar-refractivity contribution in [3.63, 3.8) is 0 Å². The van der Waals surface area contributed by atoms with Crippen LogP contribution >= 0.6 is 11.3 Å². The highest BCUT2D eigenvalue weighted by Crippen LogP contribution is 2.32. The average molecular weight is 446 g/mol. The van der Waals surface area contributed by atoms with Crippen LogP contribution in [0.15, 0.2) is 72.1 Å². The summed E-state index contributed by atoms with van der Waals surface area (Å²) in [5.41, 5.74) is 3.79. The summed E-state index contributed by atoms with van der Waals surface area (Å²) in [5, 5.41) is 6.72. The molecule has 2 heterocycles. The third-order valence-corrected chi connectivity index (χ3v) is 6.06. The van der Waals surface area contributed by atoms with Crippen molar-refractivity contribution in [3.8, 4) is 17.3 Å². The van der Waals surface area contributed by atoms with Crippen molar-refractivity contribution >= 4 is 17.2 Å². The predicted molar refractivity (Wildman–Crippen MR) is 129 cm³/mol. The fourth-order valence-corrected chi connectivity index (χ4v) is 4.32. The monoisotopic (exact) mass is 445 g/mol. The fourth-order valence-electron chi connectivity index (χ4n) is 3.63. The number of benzene rings is 2. The van der Waals surface area contributed by atoms with Gasteiger partial charge in [-0.1, -0.05) is 43.3 Å². The van der Waals surface area contributed by atoms with E-state index >= 15 is 0 Å². The van der Waals surface area contributed by atoms with E-state index in [-0.39, 0.29) is 5.91 Å². The Kier molecular flexibility index (Phi) is 6.71. The molecule has 0 saturated carbocycles. The van der Waals surface area contributed by atoms with E-state index in [4.69, 9.17) is 9.84 Å². The van der Waals surface area contributed by atoms with Crippen molar-refractivity contribution in [2.24, 2.45) is 0 Å². The molecule has 0 fully saturated rings. The van der Waals surface area contributed by atoms with Gasteiger partial charge < -0.3 is 9.64 Å². The van der Waals surface area contributed by atoms with Crippen LogP contribution in [0.3, 0.4) is 0 Å². The lowest BCUT2D eigenvalue weighted by Crippen LogP contribution is -2.31. The van der Waals surface area contributed by atoms with Gasteiger partial charge in [-0.3, -0.25) is 4.79 Å². The number of rotatable bonds is 8.